The third-order valence-corrected chi connectivity index (χ3v) is 6.49. The van der Waals surface area contributed by atoms with Gasteiger partial charge in [-0.25, -0.2) is 0 Å². The van der Waals surface area contributed by atoms with Gasteiger partial charge in [-0.05, 0) is 53.5 Å². The van der Waals surface area contributed by atoms with Gasteiger partial charge in [-0.2, -0.15) is 11.8 Å². The van der Waals surface area contributed by atoms with Gasteiger partial charge in [-0.15, -0.1) is 0 Å². The molecule has 0 bridgehead atoms. The average molecular weight is 367 g/mol. The maximum Gasteiger partial charge on any atom is 0.108 e. The predicted molar refractivity (Wildman–Crippen MR) is 111 cm³/mol. The molecule has 1 saturated heterocycles. The molecule has 1 N–H and O–H groups in total. The molecule has 2 aliphatic rings. The molecule has 2 heterocycles. The maximum absolute atomic E-state index is 5.19. The average Bonchev–Trinajstić information content (AvgIpc) is 2.68. The summed E-state index contributed by atoms with van der Waals surface area (Å²) in [5.74, 6) is 3.65. The van der Waals surface area contributed by atoms with E-state index in [0.717, 1.165) is 13.0 Å². The van der Waals surface area contributed by atoms with E-state index in [0.29, 0.717) is 6.61 Å². The number of benzene rings is 2. The van der Waals surface area contributed by atoms with E-state index in [9.17, 15) is 0 Å². The van der Waals surface area contributed by atoms with Crippen LogP contribution in [0.25, 0.3) is 0 Å². The van der Waals surface area contributed by atoms with Crippen molar-refractivity contribution in [2.75, 3.05) is 23.9 Å². The normalized spacial score (nSPS) is 20.0. The number of nitrogens with one attached hydrogen (secondary N) is 1. The van der Waals surface area contributed by atoms with Crippen LogP contribution in [0.15, 0.2) is 53.5 Å². The molecule has 2 aromatic carbocycles. The number of amidine groups is 1. The van der Waals surface area contributed by atoms with Gasteiger partial charge in [0.15, 0.2) is 0 Å². The minimum absolute atomic E-state index is 0.190. The van der Waals surface area contributed by atoms with Crippen molar-refractivity contribution in [2.24, 2.45) is 10.4 Å². The van der Waals surface area contributed by atoms with Crippen molar-refractivity contribution < 1.29 is 4.74 Å². The summed E-state index contributed by atoms with van der Waals surface area (Å²) < 4.78 is 5.19. The minimum atomic E-state index is 0.190. The van der Waals surface area contributed by atoms with E-state index < -0.39 is 0 Å². The summed E-state index contributed by atoms with van der Waals surface area (Å²) in [6, 6.07) is 17.3. The highest BCUT2D eigenvalue weighted by Gasteiger charge is 2.41. The van der Waals surface area contributed by atoms with Gasteiger partial charge < -0.3 is 10.1 Å². The Balaban J connectivity index is 1.58. The number of para-hydroxylation sites is 1. The highest BCUT2D eigenvalue weighted by molar-refractivity contribution is 7.99. The van der Waals surface area contributed by atoms with Gasteiger partial charge in [0.25, 0.3) is 0 Å². The van der Waals surface area contributed by atoms with Crippen molar-refractivity contribution in [2.45, 2.75) is 32.4 Å². The van der Waals surface area contributed by atoms with Crippen molar-refractivity contribution >= 4 is 23.3 Å². The van der Waals surface area contributed by atoms with Crippen LogP contribution in [-0.2, 0) is 24.3 Å². The molecule has 136 valence electrons. The van der Waals surface area contributed by atoms with E-state index >= 15 is 0 Å². The molecule has 0 unspecified atom stereocenters. The number of fused-ring (bicyclic) bond motifs is 1. The Morgan fingerprint density at radius 1 is 1.04 bits per heavy atom. The number of methoxy groups -OCH3 is 1. The quantitative estimate of drug-likeness (QED) is 0.834. The van der Waals surface area contributed by atoms with Crippen molar-refractivity contribution in [3.05, 3.63) is 65.2 Å². The lowest BCUT2D eigenvalue weighted by atomic mass is 9.73. The number of hydrogen-bond donors (Lipinski definition) is 1. The molecule has 0 saturated carbocycles. The van der Waals surface area contributed by atoms with Crippen LogP contribution in [0.4, 0.5) is 5.69 Å². The second-order valence-corrected chi connectivity index (χ2v) is 8.49. The first-order chi connectivity index (χ1) is 12.8. The monoisotopic (exact) mass is 366 g/mol. The number of thioether (sulfide) groups is 1. The second kappa shape index (κ2) is 7.85. The highest BCUT2D eigenvalue weighted by atomic mass is 32.2. The number of rotatable bonds is 4. The lowest BCUT2D eigenvalue weighted by molar-refractivity contribution is 0.185. The van der Waals surface area contributed by atoms with E-state index in [4.69, 9.17) is 9.73 Å². The van der Waals surface area contributed by atoms with Gasteiger partial charge in [0.1, 0.15) is 5.84 Å². The molecule has 2 aromatic rings. The molecule has 4 heteroatoms. The lowest BCUT2D eigenvalue weighted by Gasteiger charge is -2.42. The Labute approximate surface area is 160 Å². The molecule has 3 nitrogen and oxygen atoms in total. The van der Waals surface area contributed by atoms with Crippen LogP contribution < -0.4 is 5.32 Å². The standard InChI is InChI=1S/C22H26N2OS/c1-25-16-18-8-6-17(7-9-18)15-23-21-22(10-12-26-13-11-22)14-19-4-2-3-5-20(19)24-21/h2-9H,10-16H2,1H3,(H,23,24). The first-order valence-corrected chi connectivity index (χ1v) is 10.5. The first-order valence-electron chi connectivity index (χ1n) is 9.33. The van der Waals surface area contributed by atoms with Crippen molar-refractivity contribution in [1.29, 1.82) is 0 Å². The summed E-state index contributed by atoms with van der Waals surface area (Å²) in [6.45, 7) is 1.39. The molecule has 0 aromatic heterocycles. The molecular formula is C22H26N2OS. The van der Waals surface area contributed by atoms with E-state index in [1.165, 1.54) is 52.6 Å². The molecule has 1 spiro atoms. The minimum Gasteiger partial charge on any atom is -0.380 e. The third kappa shape index (κ3) is 3.67. The maximum atomic E-state index is 5.19. The van der Waals surface area contributed by atoms with Gasteiger partial charge >= 0.3 is 0 Å². The summed E-state index contributed by atoms with van der Waals surface area (Å²) in [6.07, 6.45) is 3.54. The van der Waals surface area contributed by atoms with E-state index in [1.54, 1.807) is 7.11 Å². The first kappa shape index (κ1) is 17.6. The molecule has 1 fully saturated rings. The van der Waals surface area contributed by atoms with E-state index in [2.05, 4.69) is 65.6 Å². The van der Waals surface area contributed by atoms with Gasteiger partial charge in [0, 0.05) is 18.2 Å². The van der Waals surface area contributed by atoms with Crippen LogP contribution in [0, 0.1) is 5.41 Å². The zero-order valence-corrected chi connectivity index (χ0v) is 16.1. The fraction of sp³-hybridized carbons (Fsp3) is 0.409. The van der Waals surface area contributed by atoms with Gasteiger partial charge in [0.2, 0.25) is 0 Å². The highest BCUT2D eigenvalue weighted by Crippen LogP contribution is 2.44. The SMILES string of the molecule is COCc1ccc(CN=C2Nc3ccccc3CC23CCSCC3)cc1. The molecular weight excluding hydrogens is 340 g/mol. The lowest BCUT2D eigenvalue weighted by Crippen LogP contribution is -2.44. The zero-order valence-electron chi connectivity index (χ0n) is 15.3. The number of anilines is 1. The largest absolute Gasteiger partial charge is 0.380 e. The van der Waals surface area contributed by atoms with Crippen LogP contribution in [0.2, 0.25) is 0 Å². The Bertz CT molecular complexity index is 779. The van der Waals surface area contributed by atoms with Crippen LogP contribution in [0.3, 0.4) is 0 Å². The van der Waals surface area contributed by atoms with Crippen molar-refractivity contribution in [3.8, 4) is 0 Å². The van der Waals surface area contributed by atoms with Crippen LogP contribution >= 0.6 is 11.8 Å². The van der Waals surface area contributed by atoms with Gasteiger partial charge in [0.05, 0.1) is 13.2 Å². The second-order valence-electron chi connectivity index (χ2n) is 7.27. The Kier molecular flexibility index (Phi) is 5.32. The summed E-state index contributed by atoms with van der Waals surface area (Å²) >= 11 is 2.07. The summed E-state index contributed by atoms with van der Waals surface area (Å²) in [5, 5.41) is 3.68. The zero-order chi connectivity index (χ0) is 17.8. The molecule has 0 amide bonds. The molecule has 2 aliphatic heterocycles. The Morgan fingerprint density at radius 2 is 1.77 bits per heavy atom. The summed E-state index contributed by atoms with van der Waals surface area (Å²) in [7, 11) is 1.73. The topological polar surface area (TPSA) is 33.6 Å². The Hall–Kier alpha value is -1.78. The molecule has 0 aliphatic carbocycles. The summed E-state index contributed by atoms with van der Waals surface area (Å²) in [4.78, 5) is 5.07. The fourth-order valence-corrected chi connectivity index (χ4v) is 5.24. The van der Waals surface area contributed by atoms with Gasteiger partial charge in [-0.1, -0.05) is 42.5 Å². The van der Waals surface area contributed by atoms with E-state index in [-0.39, 0.29) is 5.41 Å². The molecule has 26 heavy (non-hydrogen) atoms. The number of ether oxygens (including phenoxy) is 1. The molecule has 4 rings (SSSR count). The number of aliphatic imine (C=N–C) groups is 1. The van der Waals surface area contributed by atoms with Gasteiger partial charge in [-0.3, -0.25) is 4.99 Å². The summed E-state index contributed by atoms with van der Waals surface area (Å²) in [5.41, 5.74) is 5.30. The van der Waals surface area contributed by atoms with E-state index in [1.807, 2.05) is 0 Å². The number of nitrogens with zero attached hydrogens (tertiary/aromatic N) is 1. The van der Waals surface area contributed by atoms with Crippen molar-refractivity contribution in [1.82, 2.24) is 0 Å². The third-order valence-electron chi connectivity index (χ3n) is 5.51. The fourth-order valence-electron chi connectivity index (χ4n) is 3.97. The predicted octanol–water partition coefficient (Wildman–Crippen LogP) is 4.91. The number of hydrogen-bond acceptors (Lipinski definition) is 3. The van der Waals surface area contributed by atoms with Crippen LogP contribution in [-0.4, -0.2) is 24.5 Å². The van der Waals surface area contributed by atoms with Crippen LogP contribution in [0.5, 0.6) is 0 Å². The van der Waals surface area contributed by atoms with Crippen molar-refractivity contribution in [3.63, 3.8) is 0 Å². The smallest absolute Gasteiger partial charge is 0.108 e. The molecule has 0 radical (unpaired) electrons. The Morgan fingerprint density at radius 3 is 2.54 bits per heavy atom. The van der Waals surface area contributed by atoms with Crippen LogP contribution in [0.1, 0.15) is 29.5 Å². The molecule has 0 atom stereocenters.